The van der Waals surface area contributed by atoms with E-state index >= 15 is 0 Å². The molecule has 1 aromatic heterocycles. The Morgan fingerprint density at radius 3 is 3.25 bits per heavy atom. The van der Waals surface area contributed by atoms with Crippen LogP contribution in [-0.2, 0) is 4.74 Å². The lowest BCUT2D eigenvalue weighted by Crippen LogP contribution is -2.45. The van der Waals surface area contributed by atoms with Crippen LogP contribution >= 0.6 is 11.3 Å². The van der Waals surface area contributed by atoms with Crippen LogP contribution in [0.1, 0.15) is 35.0 Å². The molecule has 20 heavy (non-hydrogen) atoms. The van der Waals surface area contributed by atoms with Gasteiger partial charge >= 0.3 is 0 Å². The van der Waals surface area contributed by atoms with Gasteiger partial charge in [0.15, 0.2) is 0 Å². The van der Waals surface area contributed by atoms with E-state index in [2.05, 4.69) is 18.8 Å². The van der Waals surface area contributed by atoms with Gasteiger partial charge in [0.1, 0.15) is 4.88 Å². The Morgan fingerprint density at radius 1 is 1.65 bits per heavy atom. The van der Waals surface area contributed by atoms with Gasteiger partial charge in [-0.3, -0.25) is 4.79 Å². The number of aliphatic hydroxyl groups excluding tert-OH is 1. The van der Waals surface area contributed by atoms with Gasteiger partial charge in [0.05, 0.1) is 19.3 Å². The molecule has 1 aliphatic heterocycles. The Balaban J connectivity index is 2.10. The highest BCUT2D eigenvalue weighted by molar-refractivity contribution is 7.12. The second-order valence-corrected chi connectivity index (χ2v) is 5.51. The number of ether oxygens (including phenoxy) is 1. The summed E-state index contributed by atoms with van der Waals surface area (Å²) in [6.07, 6.45) is 1.48. The van der Waals surface area contributed by atoms with Crippen molar-refractivity contribution in [1.29, 1.82) is 0 Å². The number of aliphatic hydroxyl groups is 1. The van der Waals surface area contributed by atoms with E-state index in [0.717, 1.165) is 12.0 Å². The molecule has 5 heteroatoms. The third kappa shape index (κ3) is 3.60. The number of amides is 1. The molecule has 0 radical (unpaired) electrons. The number of hydrogen-bond donors (Lipinski definition) is 1. The van der Waals surface area contributed by atoms with E-state index in [1.807, 2.05) is 16.3 Å². The highest BCUT2D eigenvalue weighted by Gasteiger charge is 2.25. The number of rotatable bonds is 3. The summed E-state index contributed by atoms with van der Waals surface area (Å²) in [5.74, 6) is 5.86. The van der Waals surface area contributed by atoms with Crippen molar-refractivity contribution in [2.24, 2.45) is 0 Å². The minimum atomic E-state index is 0.0371. The van der Waals surface area contributed by atoms with E-state index in [0.29, 0.717) is 31.0 Å². The maximum absolute atomic E-state index is 12.5. The van der Waals surface area contributed by atoms with Gasteiger partial charge < -0.3 is 14.7 Å². The molecule has 0 spiro atoms. The molecule has 0 saturated carbocycles. The van der Waals surface area contributed by atoms with Crippen LogP contribution in [0.25, 0.3) is 0 Å². The zero-order valence-electron chi connectivity index (χ0n) is 11.6. The summed E-state index contributed by atoms with van der Waals surface area (Å²) in [7, 11) is 0. The van der Waals surface area contributed by atoms with E-state index in [1.165, 1.54) is 11.3 Å². The molecule has 108 valence electrons. The average Bonchev–Trinajstić information content (AvgIpc) is 2.95. The Kier molecular flexibility index (Phi) is 5.60. The van der Waals surface area contributed by atoms with E-state index in [-0.39, 0.29) is 18.6 Å². The lowest BCUT2D eigenvalue weighted by atomic mass is 10.2. The van der Waals surface area contributed by atoms with Crippen molar-refractivity contribution in [1.82, 2.24) is 4.90 Å². The Morgan fingerprint density at radius 2 is 2.50 bits per heavy atom. The third-order valence-electron chi connectivity index (χ3n) is 3.20. The maximum atomic E-state index is 12.5. The molecule has 1 atom stereocenters. The molecule has 1 fully saturated rings. The lowest BCUT2D eigenvalue weighted by Gasteiger charge is -2.32. The predicted octanol–water partition coefficient (Wildman–Crippen LogP) is 1.73. The highest BCUT2D eigenvalue weighted by atomic mass is 32.1. The van der Waals surface area contributed by atoms with Gasteiger partial charge in [-0.25, -0.2) is 0 Å². The van der Waals surface area contributed by atoms with Gasteiger partial charge in [-0.05, 0) is 17.9 Å². The molecule has 1 saturated heterocycles. The molecular weight excluding hydrogens is 274 g/mol. The Hall–Kier alpha value is -1.35. The number of hydrogen-bond acceptors (Lipinski definition) is 4. The molecule has 1 amide bonds. The summed E-state index contributed by atoms with van der Waals surface area (Å²) in [4.78, 5) is 15.1. The van der Waals surface area contributed by atoms with Crippen LogP contribution in [0.5, 0.6) is 0 Å². The summed E-state index contributed by atoms with van der Waals surface area (Å²) >= 11 is 1.42. The topological polar surface area (TPSA) is 49.8 Å². The predicted molar refractivity (Wildman–Crippen MR) is 78.8 cm³/mol. The molecule has 1 N–H and O–H groups in total. The molecule has 1 aliphatic rings. The van der Waals surface area contributed by atoms with Crippen LogP contribution in [-0.4, -0.2) is 48.3 Å². The first-order valence-electron chi connectivity index (χ1n) is 6.84. The molecule has 1 aromatic rings. The molecule has 0 bridgehead atoms. The van der Waals surface area contributed by atoms with Crippen LogP contribution < -0.4 is 0 Å². The zero-order chi connectivity index (χ0) is 14.4. The van der Waals surface area contributed by atoms with Crippen molar-refractivity contribution in [3.63, 3.8) is 0 Å². The number of carbonyl (C=O) groups is 1. The van der Waals surface area contributed by atoms with Crippen LogP contribution in [0.2, 0.25) is 0 Å². The van der Waals surface area contributed by atoms with E-state index in [4.69, 9.17) is 9.84 Å². The van der Waals surface area contributed by atoms with Crippen molar-refractivity contribution in [2.45, 2.75) is 25.9 Å². The minimum absolute atomic E-state index is 0.0371. The summed E-state index contributed by atoms with van der Waals surface area (Å²) in [6.45, 7) is 3.99. The molecule has 2 rings (SSSR count). The van der Waals surface area contributed by atoms with Gasteiger partial charge in [-0.2, -0.15) is 0 Å². The second kappa shape index (κ2) is 7.44. The fraction of sp³-hybridized carbons (Fsp3) is 0.533. The smallest absolute Gasteiger partial charge is 0.265 e. The van der Waals surface area contributed by atoms with Crippen LogP contribution in [0.3, 0.4) is 0 Å². The summed E-state index contributed by atoms with van der Waals surface area (Å²) in [5, 5.41) is 10.6. The molecular formula is C15H19NO3S. The van der Waals surface area contributed by atoms with E-state index in [9.17, 15) is 4.79 Å². The molecule has 1 unspecified atom stereocenters. The molecule has 4 nitrogen and oxygen atoms in total. The fourth-order valence-electron chi connectivity index (χ4n) is 2.08. The minimum Gasteiger partial charge on any atom is -0.395 e. The molecule has 2 heterocycles. The summed E-state index contributed by atoms with van der Waals surface area (Å²) in [5.41, 5.74) is 0.757. The molecule has 0 aliphatic carbocycles. The molecule has 0 aromatic carbocycles. The first-order valence-corrected chi connectivity index (χ1v) is 7.72. The second-order valence-electron chi connectivity index (χ2n) is 4.59. The van der Waals surface area contributed by atoms with Crippen molar-refractivity contribution in [3.8, 4) is 11.8 Å². The van der Waals surface area contributed by atoms with Gasteiger partial charge in [0, 0.05) is 25.1 Å². The van der Waals surface area contributed by atoms with Gasteiger partial charge in [0.25, 0.3) is 5.91 Å². The first-order chi connectivity index (χ1) is 9.76. The fourth-order valence-corrected chi connectivity index (χ4v) is 2.90. The van der Waals surface area contributed by atoms with E-state index < -0.39 is 0 Å². The van der Waals surface area contributed by atoms with Crippen molar-refractivity contribution < 1.29 is 14.6 Å². The number of thiophene rings is 1. The Labute approximate surface area is 123 Å². The van der Waals surface area contributed by atoms with Crippen LogP contribution in [0.15, 0.2) is 11.4 Å². The largest absolute Gasteiger partial charge is 0.395 e. The quantitative estimate of drug-likeness (QED) is 0.864. The third-order valence-corrected chi connectivity index (χ3v) is 4.10. The van der Waals surface area contributed by atoms with Gasteiger partial charge in [-0.15, -0.1) is 11.3 Å². The van der Waals surface area contributed by atoms with Crippen LogP contribution in [0, 0.1) is 11.8 Å². The van der Waals surface area contributed by atoms with Crippen LogP contribution in [0.4, 0.5) is 0 Å². The zero-order valence-corrected chi connectivity index (χ0v) is 12.4. The van der Waals surface area contributed by atoms with E-state index in [1.54, 1.807) is 0 Å². The number of nitrogens with zero attached hydrogens (tertiary/aromatic N) is 1. The first kappa shape index (κ1) is 15.0. The maximum Gasteiger partial charge on any atom is 0.265 e. The summed E-state index contributed by atoms with van der Waals surface area (Å²) in [6, 6.07) is 1.86. The Bertz CT molecular complexity index is 515. The SMILES string of the molecule is CCC1CN(C(=O)c2sccc2C#CCCO)CCO1. The highest BCUT2D eigenvalue weighted by Crippen LogP contribution is 2.20. The summed E-state index contributed by atoms with van der Waals surface area (Å²) < 4.78 is 5.59. The van der Waals surface area contributed by atoms with Gasteiger partial charge in [-0.1, -0.05) is 18.8 Å². The lowest BCUT2D eigenvalue weighted by molar-refractivity contribution is -0.0224. The monoisotopic (exact) mass is 293 g/mol. The average molecular weight is 293 g/mol. The van der Waals surface area contributed by atoms with Crippen molar-refractivity contribution in [3.05, 3.63) is 21.9 Å². The van der Waals surface area contributed by atoms with Crippen molar-refractivity contribution >= 4 is 17.2 Å². The normalized spacial score (nSPS) is 18.5. The van der Waals surface area contributed by atoms with Gasteiger partial charge in [0.2, 0.25) is 0 Å². The van der Waals surface area contributed by atoms with Crippen molar-refractivity contribution in [2.75, 3.05) is 26.3 Å². The number of morpholine rings is 1. The number of carbonyl (C=O) groups excluding carboxylic acids is 1. The standard InChI is InChI=1S/C15H19NO3S/c1-2-13-11-16(7-9-19-13)15(18)14-12(6-10-20-14)5-3-4-8-17/h6,10,13,17H,2,4,7-9,11H2,1H3.